The molecule has 0 saturated carbocycles. The number of rotatable bonds is 3. The minimum Gasteiger partial charge on any atom is -0.497 e. The van der Waals surface area contributed by atoms with Crippen molar-refractivity contribution in [3.63, 3.8) is 0 Å². The molecule has 1 fully saturated rings. The van der Waals surface area contributed by atoms with Gasteiger partial charge in [-0.05, 0) is 18.2 Å². The average molecular weight is 262 g/mol. The van der Waals surface area contributed by atoms with Crippen molar-refractivity contribution in [2.75, 3.05) is 27.4 Å². The van der Waals surface area contributed by atoms with Crippen molar-refractivity contribution >= 4 is 0 Å². The summed E-state index contributed by atoms with van der Waals surface area (Å²) in [6.07, 6.45) is -4.38. The summed E-state index contributed by atoms with van der Waals surface area (Å²) in [7, 11) is 2.75. The highest BCUT2D eigenvalue weighted by molar-refractivity contribution is 5.47. The number of benzene rings is 1. The highest BCUT2D eigenvalue weighted by Crippen LogP contribution is 2.50. The van der Waals surface area contributed by atoms with Crippen LogP contribution in [0.3, 0.4) is 0 Å². The molecule has 6 heteroatoms. The van der Waals surface area contributed by atoms with E-state index in [2.05, 4.69) is 0 Å². The zero-order valence-electron chi connectivity index (χ0n) is 10.0. The summed E-state index contributed by atoms with van der Waals surface area (Å²) in [5.74, 6) is 0.553. The molecule has 0 atom stereocenters. The second kappa shape index (κ2) is 4.35. The molecule has 0 unspecified atom stereocenters. The lowest BCUT2D eigenvalue weighted by Gasteiger charge is -2.43. The maximum atomic E-state index is 13.2. The lowest BCUT2D eigenvalue weighted by Crippen LogP contribution is -2.57. The standard InChI is InChI=1S/C12H13F3O3/c1-16-8-3-4-10(17-2)9(5-8)11(6-18-7-11)12(13,14)15/h3-5H,6-7H2,1-2H3. The van der Waals surface area contributed by atoms with Gasteiger partial charge in [0.15, 0.2) is 0 Å². The van der Waals surface area contributed by atoms with Crippen LogP contribution in [-0.2, 0) is 10.2 Å². The van der Waals surface area contributed by atoms with Gasteiger partial charge in [0.1, 0.15) is 16.9 Å². The third-order valence-electron chi connectivity index (χ3n) is 3.16. The number of hydrogen-bond donors (Lipinski definition) is 0. The van der Waals surface area contributed by atoms with Gasteiger partial charge >= 0.3 is 6.18 Å². The molecule has 0 N–H and O–H groups in total. The van der Waals surface area contributed by atoms with Crippen LogP contribution < -0.4 is 9.47 Å². The fraction of sp³-hybridized carbons (Fsp3) is 0.500. The van der Waals surface area contributed by atoms with Gasteiger partial charge in [-0.15, -0.1) is 0 Å². The maximum Gasteiger partial charge on any atom is 0.403 e. The minimum absolute atomic E-state index is 0.0584. The largest absolute Gasteiger partial charge is 0.497 e. The lowest BCUT2D eigenvalue weighted by atomic mass is 9.77. The lowest BCUT2D eigenvalue weighted by molar-refractivity contribution is -0.262. The first-order chi connectivity index (χ1) is 8.44. The van der Waals surface area contributed by atoms with Gasteiger partial charge in [-0.25, -0.2) is 0 Å². The smallest absolute Gasteiger partial charge is 0.403 e. The monoisotopic (exact) mass is 262 g/mol. The Labute approximate surface area is 102 Å². The Morgan fingerprint density at radius 1 is 1.17 bits per heavy atom. The predicted molar refractivity (Wildman–Crippen MR) is 58.1 cm³/mol. The van der Waals surface area contributed by atoms with Crippen molar-refractivity contribution in [3.8, 4) is 11.5 Å². The Kier molecular flexibility index (Phi) is 3.14. The highest BCUT2D eigenvalue weighted by Gasteiger charge is 2.62. The molecule has 1 heterocycles. The second-order valence-corrected chi connectivity index (χ2v) is 4.14. The molecule has 1 aliphatic rings. The van der Waals surface area contributed by atoms with Crippen LogP contribution in [-0.4, -0.2) is 33.6 Å². The van der Waals surface area contributed by atoms with E-state index in [1.54, 1.807) is 6.07 Å². The Bertz CT molecular complexity index is 439. The Balaban J connectivity index is 2.54. The van der Waals surface area contributed by atoms with Gasteiger partial charge in [-0.1, -0.05) is 0 Å². The van der Waals surface area contributed by atoms with Gasteiger partial charge in [-0.3, -0.25) is 0 Å². The van der Waals surface area contributed by atoms with Crippen molar-refractivity contribution in [2.24, 2.45) is 0 Å². The van der Waals surface area contributed by atoms with Gasteiger partial charge < -0.3 is 14.2 Å². The zero-order valence-corrected chi connectivity index (χ0v) is 10.0. The van der Waals surface area contributed by atoms with E-state index < -0.39 is 11.6 Å². The molecule has 1 aromatic rings. The molecule has 1 aromatic carbocycles. The summed E-state index contributed by atoms with van der Waals surface area (Å²) in [5, 5.41) is 0. The summed E-state index contributed by atoms with van der Waals surface area (Å²) in [5.41, 5.74) is -1.93. The van der Waals surface area contributed by atoms with Crippen LogP contribution in [0, 0.1) is 0 Å². The molecule has 0 aliphatic carbocycles. The number of alkyl halides is 3. The molecule has 3 nitrogen and oxygen atoms in total. The highest BCUT2D eigenvalue weighted by atomic mass is 19.4. The molecule has 1 saturated heterocycles. The van der Waals surface area contributed by atoms with Crippen LogP contribution in [0.4, 0.5) is 13.2 Å². The third-order valence-corrected chi connectivity index (χ3v) is 3.16. The predicted octanol–water partition coefficient (Wildman–Crippen LogP) is 2.53. The van der Waals surface area contributed by atoms with E-state index >= 15 is 0 Å². The summed E-state index contributed by atoms with van der Waals surface area (Å²) in [6.45, 7) is -0.778. The fourth-order valence-corrected chi connectivity index (χ4v) is 1.97. The summed E-state index contributed by atoms with van der Waals surface area (Å²) >= 11 is 0. The van der Waals surface area contributed by atoms with Crippen LogP contribution in [0.5, 0.6) is 11.5 Å². The normalized spacial score (nSPS) is 18.1. The SMILES string of the molecule is COc1ccc(OC)c(C2(C(F)(F)F)COC2)c1. The van der Waals surface area contributed by atoms with E-state index in [9.17, 15) is 13.2 Å². The van der Waals surface area contributed by atoms with E-state index in [1.807, 2.05) is 0 Å². The van der Waals surface area contributed by atoms with Crippen LogP contribution in [0.1, 0.15) is 5.56 Å². The molecule has 2 rings (SSSR count). The first-order valence-corrected chi connectivity index (χ1v) is 5.31. The molecule has 0 spiro atoms. The summed E-state index contributed by atoms with van der Waals surface area (Å²) in [6, 6.07) is 4.39. The Morgan fingerprint density at radius 3 is 2.22 bits per heavy atom. The van der Waals surface area contributed by atoms with E-state index in [0.29, 0.717) is 5.75 Å². The van der Waals surface area contributed by atoms with Gasteiger partial charge in [0.05, 0.1) is 27.4 Å². The van der Waals surface area contributed by atoms with E-state index in [-0.39, 0.29) is 24.5 Å². The van der Waals surface area contributed by atoms with Gasteiger partial charge in [0.2, 0.25) is 0 Å². The van der Waals surface area contributed by atoms with E-state index in [0.717, 1.165) is 0 Å². The van der Waals surface area contributed by atoms with Crippen molar-refractivity contribution in [2.45, 2.75) is 11.6 Å². The van der Waals surface area contributed by atoms with Crippen LogP contribution in [0.15, 0.2) is 18.2 Å². The maximum absolute atomic E-state index is 13.2. The number of halogens is 3. The molecular formula is C12H13F3O3. The molecule has 18 heavy (non-hydrogen) atoms. The Hall–Kier alpha value is -1.43. The van der Waals surface area contributed by atoms with E-state index in [4.69, 9.17) is 14.2 Å². The molecule has 100 valence electrons. The number of hydrogen-bond acceptors (Lipinski definition) is 3. The summed E-state index contributed by atoms with van der Waals surface area (Å²) in [4.78, 5) is 0. The van der Waals surface area contributed by atoms with Crippen LogP contribution in [0.25, 0.3) is 0 Å². The number of methoxy groups -OCH3 is 2. The molecule has 0 bridgehead atoms. The fourth-order valence-electron chi connectivity index (χ4n) is 1.97. The first kappa shape index (κ1) is 13.0. The Morgan fingerprint density at radius 2 is 1.83 bits per heavy atom. The molecule has 0 aromatic heterocycles. The van der Waals surface area contributed by atoms with Crippen LogP contribution >= 0.6 is 0 Å². The van der Waals surface area contributed by atoms with Crippen molar-refractivity contribution < 1.29 is 27.4 Å². The van der Waals surface area contributed by atoms with Gasteiger partial charge in [0.25, 0.3) is 0 Å². The number of ether oxygens (including phenoxy) is 3. The first-order valence-electron chi connectivity index (χ1n) is 5.31. The van der Waals surface area contributed by atoms with Crippen molar-refractivity contribution in [1.29, 1.82) is 0 Å². The van der Waals surface area contributed by atoms with E-state index in [1.165, 1.54) is 26.4 Å². The zero-order chi connectivity index (χ0) is 13.4. The molecular weight excluding hydrogens is 249 g/mol. The van der Waals surface area contributed by atoms with Crippen LogP contribution in [0.2, 0.25) is 0 Å². The summed E-state index contributed by atoms with van der Waals surface area (Å²) < 4.78 is 54.4. The average Bonchev–Trinajstić information content (AvgIpc) is 2.25. The van der Waals surface area contributed by atoms with Crippen molar-refractivity contribution in [3.05, 3.63) is 23.8 Å². The molecule has 0 radical (unpaired) electrons. The molecule has 0 amide bonds. The minimum atomic E-state index is -4.38. The third kappa shape index (κ3) is 1.80. The van der Waals surface area contributed by atoms with Crippen molar-refractivity contribution in [1.82, 2.24) is 0 Å². The van der Waals surface area contributed by atoms with Gasteiger partial charge in [0, 0.05) is 5.56 Å². The quantitative estimate of drug-likeness (QED) is 0.837. The molecule has 1 aliphatic heterocycles. The topological polar surface area (TPSA) is 27.7 Å². The van der Waals surface area contributed by atoms with Gasteiger partial charge in [-0.2, -0.15) is 13.2 Å². The second-order valence-electron chi connectivity index (χ2n) is 4.14.